The minimum Gasteiger partial charge on any atom is -0.356 e. The minimum absolute atomic E-state index is 0.300. The van der Waals surface area contributed by atoms with Crippen LogP contribution in [0.15, 0.2) is 21.0 Å². The Hall–Kier alpha value is -1.89. The van der Waals surface area contributed by atoms with Gasteiger partial charge in [0.15, 0.2) is 11.8 Å². The van der Waals surface area contributed by atoms with Crippen molar-refractivity contribution in [3.63, 3.8) is 0 Å². The molecule has 0 saturated carbocycles. The van der Waals surface area contributed by atoms with Gasteiger partial charge in [-0.05, 0) is 30.4 Å². The normalized spacial score (nSPS) is 12.0. The molecule has 6 nitrogen and oxygen atoms in total. The van der Waals surface area contributed by atoms with Gasteiger partial charge in [0.2, 0.25) is 5.89 Å². The Morgan fingerprint density at radius 1 is 1.39 bits per heavy atom. The van der Waals surface area contributed by atoms with Crippen molar-refractivity contribution in [2.75, 3.05) is 13.6 Å². The van der Waals surface area contributed by atoms with Crippen LogP contribution in [0.2, 0.25) is 0 Å². The Kier molecular flexibility index (Phi) is 6.58. The van der Waals surface area contributed by atoms with Crippen molar-refractivity contribution in [2.45, 2.75) is 46.1 Å². The molecule has 0 aromatic carbocycles. The maximum atomic E-state index is 5.24. The fraction of sp³-hybridized carbons (Fsp3) is 0.562. The molecule has 2 aromatic rings. The molecule has 2 N–H and O–H groups in total. The maximum absolute atomic E-state index is 5.24. The number of rotatable bonds is 7. The summed E-state index contributed by atoms with van der Waals surface area (Å²) in [6.45, 7) is 7.84. The van der Waals surface area contributed by atoms with Crippen LogP contribution < -0.4 is 10.6 Å². The van der Waals surface area contributed by atoms with Crippen LogP contribution in [0.3, 0.4) is 0 Å². The standard InChI is InChI=1S/C16H25N5OS/c1-11(2)15-20-14(22-21-15)6-5-8-18-16(17-4)19-10-13-12(3)7-9-23-13/h7,9,11H,5-6,8,10H2,1-4H3,(H2,17,18,19). The van der Waals surface area contributed by atoms with Gasteiger partial charge in [0.1, 0.15) is 0 Å². The van der Waals surface area contributed by atoms with Crippen LogP contribution in [-0.2, 0) is 13.0 Å². The predicted molar refractivity (Wildman–Crippen MR) is 94.0 cm³/mol. The first-order valence-corrected chi connectivity index (χ1v) is 8.78. The maximum Gasteiger partial charge on any atom is 0.226 e. The first-order chi connectivity index (χ1) is 11.1. The zero-order valence-electron chi connectivity index (χ0n) is 14.2. The average Bonchev–Trinajstić information content (AvgIpc) is 3.16. The van der Waals surface area contributed by atoms with E-state index in [1.807, 2.05) is 0 Å². The highest BCUT2D eigenvalue weighted by molar-refractivity contribution is 7.10. The van der Waals surface area contributed by atoms with E-state index < -0.39 is 0 Å². The van der Waals surface area contributed by atoms with Crippen molar-refractivity contribution in [1.82, 2.24) is 20.8 Å². The number of hydrogen-bond donors (Lipinski definition) is 2. The van der Waals surface area contributed by atoms with E-state index >= 15 is 0 Å². The quantitative estimate of drug-likeness (QED) is 0.462. The summed E-state index contributed by atoms with van der Waals surface area (Å²) in [5.41, 5.74) is 1.32. The van der Waals surface area contributed by atoms with E-state index in [0.29, 0.717) is 11.8 Å². The van der Waals surface area contributed by atoms with Gasteiger partial charge in [-0.15, -0.1) is 11.3 Å². The third-order valence-electron chi connectivity index (χ3n) is 3.47. The zero-order valence-corrected chi connectivity index (χ0v) is 15.0. The highest BCUT2D eigenvalue weighted by Gasteiger charge is 2.09. The molecule has 0 unspecified atom stereocenters. The van der Waals surface area contributed by atoms with Gasteiger partial charge in [0, 0.05) is 30.8 Å². The van der Waals surface area contributed by atoms with Crippen molar-refractivity contribution >= 4 is 17.3 Å². The molecule has 2 rings (SSSR count). The summed E-state index contributed by atoms with van der Waals surface area (Å²) in [6, 6.07) is 2.13. The molecular formula is C16H25N5OS. The molecule has 0 spiro atoms. The molecule has 23 heavy (non-hydrogen) atoms. The smallest absolute Gasteiger partial charge is 0.226 e. The third kappa shape index (κ3) is 5.35. The molecule has 7 heteroatoms. The number of aliphatic imine (C=N–C) groups is 1. The van der Waals surface area contributed by atoms with E-state index in [4.69, 9.17) is 4.52 Å². The van der Waals surface area contributed by atoms with Gasteiger partial charge >= 0.3 is 0 Å². The van der Waals surface area contributed by atoms with Gasteiger partial charge in [-0.2, -0.15) is 4.98 Å². The number of nitrogens with one attached hydrogen (secondary N) is 2. The van der Waals surface area contributed by atoms with E-state index in [1.54, 1.807) is 18.4 Å². The highest BCUT2D eigenvalue weighted by atomic mass is 32.1. The monoisotopic (exact) mass is 335 g/mol. The highest BCUT2D eigenvalue weighted by Crippen LogP contribution is 2.14. The van der Waals surface area contributed by atoms with E-state index in [1.165, 1.54) is 10.4 Å². The minimum atomic E-state index is 0.300. The van der Waals surface area contributed by atoms with Crippen LogP contribution in [0.1, 0.15) is 48.3 Å². The van der Waals surface area contributed by atoms with Crippen molar-refractivity contribution < 1.29 is 4.52 Å². The average molecular weight is 335 g/mol. The summed E-state index contributed by atoms with van der Waals surface area (Å²) < 4.78 is 5.24. The summed E-state index contributed by atoms with van der Waals surface area (Å²) in [6.07, 6.45) is 1.69. The molecular weight excluding hydrogens is 310 g/mol. The number of hydrogen-bond acceptors (Lipinski definition) is 5. The number of aryl methyl sites for hydroxylation is 2. The van der Waals surface area contributed by atoms with Gasteiger partial charge in [-0.25, -0.2) is 0 Å². The Labute approximate surface area is 141 Å². The Morgan fingerprint density at radius 3 is 2.83 bits per heavy atom. The van der Waals surface area contributed by atoms with Gasteiger partial charge < -0.3 is 15.2 Å². The van der Waals surface area contributed by atoms with E-state index in [9.17, 15) is 0 Å². The molecule has 0 bridgehead atoms. The SMILES string of the molecule is CN=C(NCCCc1nc(C(C)C)no1)NCc1sccc1C. The van der Waals surface area contributed by atoms with Crippen LogP contribution in [0, 0.1) is 6.92 Å². The van der Waals surface area contributed by atoms with Crippen LogP contribution in [0.25, 0.3) is 0 Å². The second-order valence-corrected chi connectivity index (χ2v) is 6.68. The van der Waals surface area contributed by atoms with Gasteiger partial charge in [-0.1, -0.05) is 19.0 Å². The zero-order chi connectivity index (χ0) is 16.7. The lowest BCUT2D eigenvalue weighted by atomic mass is 10.2. The van der Waals surface area contributed by atoms with Crippen LogP contribution in [0.5, 0.6) is 0 Å². The fourth-order valence-electron chi connectivity index (χ4n) is 2.02. The molecule has 126 valence electrons. The van der Waals surface area contributed by atoms with Gasteiger partial charge in [-0.3, -0.25) is 4.99 Å². The predicted octanol–water partition coefficient (Wildman–Crippen LogP) is 2.86. The van der Waals surface area contributed by atoms with Crippen molar-refractivity contribution in [2.24, 2.45) is 4.99 Å². The van der Waals surface area contributed by atoms with Crippen molar-refractivity contribution in [3.8, 4) is 0 Å². The number of thiophene rings is 1. The fourth-order valence-corrected chi connectivity index (χ4v) is 2.87. The Balaban J connectivity index is 1.68. The third-order valence-corrected chi connectivity index (χ3v) is 4.49. The van der Waals surface area contributed by atoms with E-state index in [0.717, 1.165) is 37.7 Å². The molecule has 0 saturated heterocycles. The molecule has 2 heterocycles. The lowest BCUT2D eigenvalue weighted by Gasteiger charge is -2.11. The summed E-state index contributed by atoms with van der Waals surface area (Å²) in [4.78, 5) is 9.95. The van der Waals surface area contributed by atoms with E-state index in [-0.39, 0.29) is 0 Å². The number of aromatic nitrogens is 2. The Morgan fingerprint density at radius 2 is 2.22 bits per heavy atom. The summed E-state index contributed by atoms with van der Waals surface area (Å²) in [5.74, 6) is 2.59. The van der Waals surface area contributed by atoms with E-state index in [2.05, 4.69) is 58.0 Å². The molecule has 0 aliphatic rings. The number of guanidine groups is 1. The molecule has 0 radical (unpaired) electrons. The Bertz CT molecular complexity index is 632. The summed E-state index contributed by atoms with van der Waals surface area (Å²) >= 11 is 1.76. The molecule has 0 amide bonds. The lowest BCUT2D eigenvalue weighted by Crippen LogP contribution is -2.37. The first kappa shape index (κ1) is 17.5. The van der Waals surface area contributed by atoms with Gasteiger partial charge in [0.05, 0.1) is 6.54 Å². The second kappa shape index (κ2) is 8.67. The van der Waals surface area contributed by atoms with Gasteiger partial charge in [0.25, 0.3) is 0 Å². The summed E-state index contributed by atoms with van der Waals surface area (Å²) in [7, 11) is 1.78. The molecule has 0 atom stereocenters. The molecule has 2 aromatic heterocycles. The first-order valence-electron chi connectivity index (χ1n) is 7.90. The second-order valence-electron chi connectivity index (χ2n) is 5.68. The lowest BCUT2D eigenvalue weighted by molar-refractivity contribution is 0.368. The number of nitrogens with zero attached hydrogens (tertiary/aromatic N) is 3. The molecule has 0 aliphatic heterocycles. The molecule has 0 fully saturated rings. The largest absolute Gasteiger partial charge is 0.356 e. The summed E-state index contributed by atoms with van der Waals surface area (Å²) in [5, 5.41) is 12.7. The van der Waals surface area contributed by atoms with Crippen molar-refractivity contribution in [1.29, 1.82) is 0 Å². The van der Waals surface area contributed by atoms with Crippen LogP contribution >= 0.6 is 11.3 Å². The molecule has 0 aliphatic carbocycles. The topological polar surface area (TPSA) is 75.3 Å². The van der Waals surface area contributed by atoms with Crippen LogP contribution in [0.4, 0.5) is 0 Å². The van der Waals surface area contributed by atoms with Crippen LogP contribution in [-0.4, -0.2) is 29.7 Å². The van der Waals surface area contributed by atoms with Crippen molar-refractivity contribution in [3.05, 3.63) is 33.6 Å².